The molecule has 0 amide bonds. The van der Waals surface area contributed by atoms with Crippen LogP contribution in [0.4, 0.5) is 0 Å². The van der Waals surface area contributed by atoms with Crippen LogP contribution in [-0.4, -0.2) is 0 Å². The van der Waals surface area contributed by atoms with Gasteiger partial charge in [0, 0.05) is 0 Å². The Morgan fingerprint density at radius 3 is 2.50 bits per heavy atom. The third-order valence-electron chi connectivity index (χ3n) is 2.39. The van der Waals surface area contributed by atoms with Crippen LogP contribution < -0.4 is 4.74 Å². The molecule has 0 saturated carbocycles. The summed E-state index contributed by atoms with van der Waals surface area (Å²) in [6, 6.07) is 16.3. The molecule has 0 atom stereocenters. The number of benzene rings is 2. The van der Waals surface area contributed by atoms with Crippen molar-refractivity contribution in [3.8, 4) is 5.75 Å². The summed E-state index contributed by atoms with van der Waals surface area (Å²) in [7, 11) is 0. The van der Waals surface area contributed by atoms with Crippen LogP contribution in [-0.2, 0) is 6.61 Å². The fourth-order valence-electron chi connectivity index (χ4n) is 1.47. The molecule has 0 fully saturated rings. The number of hydrogen-bond acceptors (Lipinski definition) is 1. The number of ether oxygens (including phenoxy) is 1. The van der Waals surface area contributed by atoms with Crippen LogP contribution in [0.1, 0.15) is 11.1 Å². The molecule has 16 heavy (non-hydrogen) atoms. The molecule has 0 bridgehead atoms. The second kappa shape index (κ2) is 5.34. The number of hydrogen-bond donors (Lipinski definition) is 0. The van der Waals surface area contributed by atoms with Gasteiger partial charge in [0.05, 0.1) is 3.57 Å². The van der Waals surface area contributed by atoms with E-state index in [1.165, 1.54) is 14.7 Å². The second-order valence-electron chi connectivity index (χ2n) is 3.66. The van der Waals surface area contributed by atoms with Crippen molar-refractivity contribution in [1.29, 1.82) is 0 Å². The zero-order valence-corrected chi connectivity index (χ0v) is 11.3. The van der Waals surface area contributed by atoms with Gasteiger partial charge in [0.25, 0.3) is 0 Å². The van der Waals surface area contributed by atoms with E-state index in [4.69, 9.17) is 4.74 Å². The lowest BCUT2D eigenvalue weighted by Crippen LogP contribution is -1.97. The molecule has 1 nitrogen and oxygen atoms in total. The SMILES string of the molecule is Cc1cccc(OCc2ccccc2)c1I. The lowest BCUT2D eigenvalue weighted by molar-refractivity contribution is 0.304. The highest BCUT2D eigenvalue weighted by atomic mass is 127. The number of halogens is 1. The first kappa shape index (κ1) is 11.5. The summed E-state index contributed by atoms with van der Waals surface area (Å²) in [6.45, 7) is 2.72. The van der Waals surface area contributed by atoms with Gasteiger partial charge in [-0.2, -0.15) is 0 Å². The molecule has 0 heterocycles. The summed E-state index contributed by atoms with van der Waals surface area (Å²) in [4.78, 5) is 0. The van der Waals surface area contributed by atoms with Gasteiger partial charge in [-0.25, -0.2) is 0 Å². The summed E-state index contributed by atoms with van der Waals surface area (Å²) in [6.07, 6.45) is 0. The second-order valence-corrected chi connectivity index (χ2v) is 4.74. The Morgan fingerprint density at radius 1 is 1.00 bits per heavy atom. The first-order valence-corrected chi connectivity index (χ1v) is 6.27. The summed E-state index contributed by atoms with van der Waals surface area (Å²) < 4.78 is 6.99. The highest BCUT2D eigenvalue weighted by molar-refractivity contribution is 14.1. The largest absolute Gasteiger partial charge is 0.488 e. The van der Waals surface area contributed by atoms with Gasteiger partial charge in [0.2, 0.25) is 0 Å². The van der Waals surface area contributed by atoms with Crippen LogP contribution in [0.5, 0.6) is 5.75 Å². The minimum Gasteiger partial charge on any atom is -0.488 e. The fourth-order valence-corrected chi connectivity index (χ4v) is 1.98. The molecule has 2 aromatic rings. The summed E-state index contributed by atoms with van der Waals surface area (Å²) in [5.41, 5.74) is 2.45. The van der Waals surface area contributed by atoms with Gasteiger partial charge in [-0.15, -0.1) is 0 Å². The van der Waals surface area contributed by atoms with Crippen molar-refractivity contribution in [2.24, 2.45) is 0 Å². The van der Waals surface area contributed by atoms with Crippen LogP contribution in [0.3, 0.4) is 0 Å². The van der Waals surface area contributed by atoms with Crippen molar-refractivity contribution in [3.05, 3.63) is 63.2 Å². The van der Waals surface area contributed by atoms with Crippen molar-refractivity contribution >= 4 is 22.6 Å². The standard InChI is InChI=1S/C14H13IO/c1-11-6-5-9-13(14(11)15)16-10-12-7-3-2-4-8-12/h2-9H,10H2,1H3. The average molecular weight is 324 g/mol. The maximum Gasteiger partial charge on any atom is 0.133 e. The summed E-state index contributed by atoms with van der Waals surface area (Å²) >= 11 is 2.32. The molecule has 82 valence electrons. The first-order chi connectivity index (χ1) is 7.77. The Labute approximate surface area is 110 Å². The van der Waals surface area contributed by atoms with E-state index in [1.807, 2.05) is 30.3 Å². The highest BCUT2D eigenvalue weighted by Gasteiger charge is 2.02. The average Bonchev–Trinajstić information content (AvgIpc) is 2.32. The molecule has 0 aliphatic heterocycles. The quantitative estimate of drug-likeness (QED) is 0.770. The maximum absolute atomic E-state index is 5.80. The molecule has 2 aromatic carbocycles. The van der Waals surface area contributed by atoms with Crippen LogP contribution in [0.15, 0.2) is 48.5 Å². The third kappa shape index (κ3) is 2.76. The van der Waals surface area contributed by atoms with Crippen LogP contribution >= 0.6 is 22.6 Å². The van der Waals surface area contributed by atoms with Crippen molar-refractivity contribution in [2.75, 3.05) is 0 Å². The molecule has 0 spiro atoms. The van der Waals surface area contributed by atoms with E-state index >= 15 is 0 Å². The molecule has 2 heteroatoms. The zero-order chi connectivity index (χ0) is 11.4. The van der Waals surface area contributed by atoms with Crippen molar-refractivity contribution in [3.63, 3.8) is 0 Å². The molecule has 0 N–H and O–H groups in total. The van der Waals surface area contributed by atoms with E-state index in [1.54, 1.807) is 0 Å². The van der Waals surface area contributed by atoms with Crippen LogP contribution in [0.25, 0.3) is 0 Å². The molecule has 0 aliphatic carbocycles. The highest BCUT2D eigenvalue weighted by Crippen LogP contribution is 2.24. The Kier molecular flexibility index (Phi) is 3.83. The molecule has 2 rings (SSSR count). The number of rotatable bonds is 3. The Bertz CT molecular complexity index is 465. The Balaban J connectivity index is 2.08. The minimum absolute atomic E-state index is 0.625. The van der Waals surface area contributed by atoms with Crippen LogP contribution in [0.2, 0.25) is 0 Å². The Hall–Kier alpha value is -1.03. The van der Waals surface area contributed by atoms with E-state index in [0.717, 1.165) is 5.75 Å². The molecular weight excluding hydrogens is 311 g/mol. The fraction of sp³-hybridized carbons (Fsp3) is 0.143. The van der Waals surface area contributed by atoms with Gasteiger partial charge in [0.1, 0.15) is 12.4 Å². The topological polar surface area (TPSA) is 9.23 Å². The zero-order valence-electron chi connectivity index (χ0n) is 9.11. The number of aryl methyl sites for hydroxylation is 1. The van der Waals surface area contributed by atoms with Gasteiger partial charge in [-0.1, -0.05) is 42.5 Å². The molecule has 0 saturated heterocycles. The molecule has 0 unspecified atom stereocenters. The summed E-state index contributed by atoms with van der Waals surface area (Å²) in [5, 5.41) is 0. The van der Waals surface area contributed by atoms with Gasteiger partial charge < -0.3 is 4.74 Å². The monoisotopic (exact) mass is 324 g/mol. The smallest absolute Gasteiger partial charge is 0.133 e. The van der Waals surface area contributed by atoms with Crippen molar-refractivity contribution in [1.82, 2.24) is 0 Å². The van der Waals surface area contributed by atoms with Gasteiger partial charge in [0.15, 0.2) is 0 Å². The summed E-state index contributed by atoms with van der Waals surface area (Å²) in [5.74, 6) is 0.962. The minimum atomic E-state index is 0.625. The predicted molar refractivity (Wildman–Crippen MR) is 74.7 cm³/mol. The predicted octanol–water partition coefficient (Wildman–Crippen LogP) is 4.18. The van der Waals surface area contributed by atoms with Crippen LogP contribution in [0, 0.1) is 10.5 Å². The van der Waals surface area contributed by atoms with Crippen molar-refractivity contribution in [2.45, 2.75) is 13.5 Å². The van der Waals surface area contributed by atoms with Gasteiger partial charge in [-0.05, 0) is 46.7 Å². The van der Waals surface area contributed by atoms with E-state index in [9.17, 15) is 0 Å². The van der Waals surface area contributed by atoms with E-state index in [2.05, 4.69) is 47.7 Å². The van der Waals surface area contributed by atoms with Gasteiger partial charge >= 0.3 is 0 Å². The molecule has 0 aliphatic rings. The normalized spacial score (nSPS) is 10.1. The molecular formula is C14H13IO. The Morgan fingerprint density at radius 2 is 1.75 bits per heavy atom. The lowest BCUT2D eigenvalue weighted by Gasteiger charge is -2.09. The maximum atomic E-state index is 5.80. The van der Waals surface area contributed by atoms with E-state index in [0.29, 0.717) is 6.61 Å². The van der Waals surface area contributed by atoms with Crippen molar-refractivity contribution < 1.29 is 4.74 Å². The molecule has 0 radical (unpaired) electrons. The third-order valence-corrected chi connectivity index (χ3v) is 3.78. The first-order valence-electron chi connectivity index (χ1n) is 5.19. The lowest BCUT2D eigenvalue weighted by atomic mass is 10.2. The molecule has 0 aromatic heterocycles. The van der Waals surface area contributed by atoms with E-state index in [-0.39, 0.29) is 0 Å². The van der Waals surface area contributed by atoms with E-state index < -0.39 is 0 Å². The van der Waals surface area contributed by atoms with Gasteiger partial charge in [-0.3, -0.25) is 0 Å².